The van der Waals surface area contributed by atoms with Crippen molar-refractivity contribution in [2.75, 3.05) is 0 Å². The molecule has 1 saturated carbocycles. The lowest BCUT2D eigenvalue weighted by Gasteiger charge is -2.28. The van der Waals surface area contributed by atoms with E-state index in [0.717, 1.165) is 12.3 Å². The molecular weight excluding hydrogens is 278 g/mol. The molecule has 1 aromatic rings. The van der Waals surface area contributed by atoms with Crippen LogP contribution in [-0.2, 0) is 12.8 Å². The van der Waals surface area contributed by atoms with Crippen molar-refractivity contribution in [3.63, 3.8) is 0 Å². The van der Waals surface area contributed by atoms with Gasteiger partial charge in [0.15, 0.2) is 11.6 Å². The molecule has 22 heavy (non-hydrogen) atoms. The number of rotatable bonds is 7. The summed E-state index contributed by atoms with van der Waals surface area (Å²) in [7, 11) is 0. The lowest BCUT2D eigenvalue weighted by Crippen LogP contribution is -2.15. The van der Waals surface area contributed by atoms with Crippen LogP contribution >= 0.6 is 0 Å². The highest BCUT2D eigenvalue weighted by molar-refractivity contribution is 5.26. The molecule has 0 saturated heterocycles. The van der Waals surface area contributed by atoms with Gasteiger partial charge in [-0.3, -0.25) is 0 Å². The summed E-state index contributed by atoms with van der Waals surface area (Å²) >= 11 is 0. The number of halogens is 2. The predicted molar refractivity (Wildman–Crippen MR) is 89.0 cm³/mol. The zero-order valence-corrected chi connectivity index (χ0v) is 14.1. The molecule has 0 unspecified atom stereocenters. The van der Waals surface area contributed by atoms with Gasteiger partial charge in [0.1, 0.15) is 0 Å². The molecule has 2 rings (SSSR count). The van der Waals surface area contributed by atoms with Gasteiger partial charge in [0.05, 0.1) is 0 Å². The topological polar surface area (TPSA) is 0 Å². The van der Waals surface area contributed by atoms with Crippen molar-refractivity contribution in [1.82, 2.24) is 0 Å². The number of unbranched alkanes of at least 4 members (excludes halogenated alkanes) is 1. The zero-order chi connectivity index (χ0) is 15.9. The van der Waals surface area contributed by atoms with Gasteiger partial charge in [0.2, 0.25) is 0 Å². The summed E-state index contributed by atoms with van der Waals surface area (Å²) in [6.07, 6.45) is 11.4. The van der Waals surface area contributed by atoms with E-state index in [-0.39, 0.29) is 0 Å². The van der Waals surface area contributed by atoms with Crippen LogP contribution in [0.1, 0.15) is 76.3 Å². The first-order valence-corrected chi connectivity index (χ1v) is 9.11. The minimum Gasteiger partial charge on any atom is -0.203 e. The maximum absolute atomic E-state index is 14.0. The zero-order valence-electron chi connectivity index (χ0n) is 14.1. The van der Waals surface area contributed by atoms with Gasteiger partial charge in [0, 0.05) is 0 Å². The van der Waals surface area contributed by atoms with Gasteiger partial charge < -0.3 is 0 Å². The molecule has 0 atom stereocenters. The third kappa shape index (κ3) is 4.54. The van der Waals surface area contributed by atoms with Crippen LogP contribution < -0.4 is 0 Å². The molecule has 1 fully saturated rings. The molecule has 0 heterocycles. The molecule has 0 aromatic heterocycles. The smallest absolute Gasteiger partial charge is 0.162 e. The van der Waals surface area contributed by atoms with Crippen LogP contribution in [-0.4, -0.2) is 0 Å². The molecule has 2 heteroatoms. The summed E-state index contributed by atoms with van der Waals surface area (Å²) in [4.78, 5) is 0. The van der Waals surface area contributed by atoms with Crippen LogP contribution in [0.4, 0.5) is 8.78 Å². The van der Waals surface area contributed by atoms with Crippen molar-refractivity contribution >= 4 is 0 Å². The monoisotopic (exact) mass is 308 g/mol. The average Bonchev–Trinajstić information content (AvgIpc) is 2.55. The van der Waals surface area contributed by atoms with Crippen LogP contribution in [0, 0.1) is 23.5 Å². The fourth-order valence-corrected chi connectivity index (χ4v) is 3.76. The van der Waals surface area contributed by atoms with E-state index in [4.69, 9.17) is 0 Å². The minimum atomic E-state index is -0.636. The molecule has 0 amide bonds. The Balaban J connectivity index is 1.81. The molecule has 0 nitrogen and oxygen atoms in total. The van der Waals surface area contributed by atoms with Crippen molar-refractivity contribution < 1.29 is 8.78 Å². The normalized spacial score (nSPS) is 22.0. The van der Waals surface area contributed by atoms with E-state index in [0.29, 0.717) is 29.9 Å². The van der Waals surface area contributed by atoms with E-state index in [9.17, 15) is 8.78 Å². The molecule has 1 aromatic carbocycles. The number of benzene rings is 1. The van der Waals surface area contributed by atoms with Crippen molar-refractivity contribution in [2.45, 2.75) is 78.1 Å². The Morgan fingerprint density at radius 3 is 2.00 bits per heavy atom. The lowest BCUT2D eigenvalue weighted by atomic mass is 9.78. The van der Waals surface area contributed by atoms with E-state index >= 15 is 0 Å². The van der Waals surface area contributed by atoms with Crippen LogP contribution in [0.3, 0.4) is 0 Å². The second kappa shape index (κ2) is 8.64. The van der Waals surface area contributed by atoms with Crippen LogP contribution in [0.5, 0.6) is 0 Å². The van der Waals surface area contributed by atoms with Crippen LogP contribution in [0.25, 0.3) is 0 Å². The first-order chi connectivity index (χ1) is 10.7. The van der Waals surface area contributed by atoms with E-state index < -0.39 is 11.6 Å². The maximum Gasteiger partial charge on any atom is 0.162 e. The fourth-order valence-electron chi connectivity index (χ4n) is 3.76. The van der Waals surface area contributed by atoms with E-state index in [1.54, 1.807) is 12.1 Å². The maximum atomic E-state index is 14.0. The van der Waals surface area contributed by atoms with Gasteiger partial charge in [-0.15, -0.1) is 0 Å². The summed E-state index contributed by atoms with van der Waals surface area (Å²) < 4.78 is 27.9. The summed E-state index contributed by atoms with van der Waals surface area (Å²) in [5, 5.41) is 0. The minimum absolute atomic E-state index is 0.484. The van der Waals surface area contributed by atoms with Crippen molar-refractivity contribution in [3.05, 3.63) is 34.9 Å². The molecular formula is C20H30F2. The van der Waals surface area contributed by atoms with E-state index in [1.807, 2.05) is 6.92 Å². The molecule has 0 bridgehead atoms. The molecule has 1 aliphatic rings. The standard InChI is InChI=1S/C20H30F2/c1-3-5-6-15-7-9-16(10-8-15)11-12-18-14-13-17(4-2)19(21)20(18)22/h13-16H,3-12H2,1-2H3. The lowest BCUT2D eigenvalue weighted by molar-refractivity contribution is 0.249. The van der Waals surface area contributed by atoms with Gasteiger partial charge in [-0.05, 0) is 42.2 Å². The third-order valence-corrected chi connectivity index (χ3v) is 5.38. The van der Waals surface area contributed by atoms with E-state index in [2.05, 4.69) is 6.92 Å². The highest BCUT2D eigenvalue weighted by atomic mass is 19.2. The van der Waals surface area contributed by atoms with Gasteiger partial charge >= 0.3 is 0 Å². The molecule has 0 spiro atoms. The second-order valence-corrected chi connectivity index (χ2v) is 6.93. The largest absolute Gasteiger partial charge is 0.203 e. The molecule has 0 aliphatic heterocycles. The average molecular weight is 308 g/mol. The Labute approximate surface area is 134 Å². The summed E-state index contributed by atoms with van der Waals surface area (Å²) in [6, 6.07) is 3.53. The van der Waals surface area contributed by atoms with E-state index in [1.165, 1.54) is 44.9 Å². The van der Waals surface area contributed by atoms with Crippen LogP contribution in [0.15, 0.2) is 12.1 Å². The Morgan fingerprint density at radius 2 is 1.41 bits per heavy atom. The Kier molecular flexibility index (Phi) is 6.85. The SMILES string of the molecule is CCCCC1CCC(CCc2ccc(CC)c(F)c2F)CC1. The molecule has 1 aliphatic carbocycles. The van der Waals surface area contributed by atoms with Crippen molar-refractivity contribution in [3.8, 4) is 0 Å². The van der Waals surface area contributed by atoms with Crippen molar-refractivity contribution in [2.24, 2.45) is 11.8 Å². The molecule has 124 valence electrons. The number of hydrogen-bond donors (Lipinski definition) is 0. The Hall–Kier alpha value is -0.920. The third-order valence-electron chi connectivity index (χ3n) is 5.38. The molecule has 0 radical (unpaired) electrons. The highest BCUT2D eigenvalue weighted by Crippen LogP contribution is 2.34. The fraction of sp³-hybridized carbons (Fsp3) is 0.700. The van der Waals surface area contributed by atoms with Gasteiger partial charge in [-0.2, -0.15) is 0 Å². The first-order valence-electron chi connectivity index (χ1n) is 9.11. The van der Waals surface area contributed by atoms with Crippen molar-refractivity contribution in [1.29, 1.82) is 0 Å². The molecule has 0 N–H and O–H groups in total. The quantitative estimate of drug-likeness (QED) is 0.542. The number of hydrogen-bond acceptors (Lipinski definition) is 0. The Bertz CT molecular complexity index is 459. The summed E-state index contributed by atoms with van der Waals surface area (Å²) in [5.41, 5.74) is 1.04. The number of aryl methyl sites for hydroxylation is 2. The second-order valence-electron chi connectivity index (χ2n) is 6.93. The van der Waals surface area contributed by atoms with Crippen LogP contribution in [0.2, 0.25) is 0 Å². The Morgan fingerprint density at radius 1 is 0.864 bits per heavy atom. The summed E-state index contributed by atoms with van der Waals surface area (Å²) in [5.74, 6) is 0.361. The summed E-state index contributed by atoms with van der Waals surface area (Å²) in [6.45, 7) is 4.11. The highest BCUT2D eigenvalue weighted by Gasteiger charge is 2.21. The van der Waals surface area contributed by atoms with Gasteiger partial charge in [-0.25, -0.2) is 8.78 Å². The van der Waals surface area contributed by atoms with Gasteiger partial charge in [-0.1, -0.05) is 70.9 Å². The van der Waals surface area contributed by atoms with Gasteiger partial charge in [0.25, 0.3) is 0 Å². The predicted octanol–water partition coefficient (Wildman–Crippen LogP) is 6.46. The first kappa shape index (κ1) is 17.4.